The molecular formula is C16H16Cl2O2. The van der Waals surface area contributed by atoms with Gasteiger partial charge in [0.1, 0.15) is 6.61 Å². The van der Waals surface area contributed by atoms with Crippen LogP contribution in [0.1, 0.15) is 16.7 Å². The Labute approximate surface area is 129 Å². The van der Waals surface area contributed by atoms with E-state index in [1.165, 1.54) is 0 Å². The van der Waals surface area contributed by atoms with Crippen molar-refractivity contribution in [3.63, 3.8) is 0 Å². The summed E-state index contributed by atoms with van der Waals surface area (Å²) in [6, 6.07) is 13.8. The number of hydrogen-bond donors (Lipinski definition) is 0. The molecule has 0 aliphatic rings. The first-order valence-corrected chi connectivity index (χ1v) is 7.33. The third-order valence-corrected chi connectivity index (χ3v) is 3.59. The molecular weight excluding hydrogens is 295 g/mol. The number of halogens is 2. The van der Waals surface area contributed by atoms with E-state index in [0.717, 1.165) is 16.7 Å². The number of methoxy groups -OCH3 is 1. The fraction of sp³-hybridized carbons (Fsp3) is 0.250. The maximum Gasteiger partial charge on any atom is 0.162 e. The number of hydrogen-bond acceptors (Lipinski definition) is 2. The van der Waals surface area contributed by atoms with E-state index in [2.05, 4.69) is 0 Å². The van der Waals surface area contributed by atoms with E-state index in [1.807, 2.05) is 42.5 Å². The fourth-order valence-corrected chi connectivity index (χ4v) is 2.40. The number of alkyl halides is 2. The third kappa shape index (κ3) is 3.59. The third-order valence-electron chi connectivity index (χ3n) is 3.01. The molecule has 106 valence electrons. The van der Waals surface area contributed by atoms with E-state index >= 15 is 0 Å². The SMILES string of the molecule is COc1cc(CCl)c(CCl)cc1OCc1ccccc1. The van der Waals surface area contributed by atoms with Gasteiger partial charge < -0.3 is 9.47 Å². The lowest BCUT2D eigenvalue weighted by Crippen LogP contribution is -2.00. The zero-order chi connectivity index (χ0) is 14.4. The molecule has 0 unspecified atom stereocenters. The molecule has 0 amide bonds. The lowest BCUT2D eigenvalue weighted by molar-refractivity contribution is 0.284. The van der Waals surface area contributed by atoms with Gasteiger partial charge in [0.2, 0.25) is 0 Å². The van der Waals surface area contributed by atoms with Crippen molar-refractivity contribution in [2.45, 2.75) is 18.4 Å². The van der Waals surface area contributed by atoms with Gasteiger partial charge >= 0.3 is 0 Å². The highest BCUT2D eigenvalue weighted by molar-refractivity contribution is 6.18. The summed E-state index contributed by atoms with van der Waals surface area (Å²) in [6.45, 7) is 0.485. The van der Waals surface area contributed by atoms with Gasteiger partial charge in [-0.1, -0.05) is 30.3 Å². The van der Waals surface area contributed by atoms with Gasteiger partial charge in [-0.15, -0.1) is 23.2 Å². The first kappa shape index (κ1) is 15.0. The van der Waals surface area contributed by atoms with Gasteiger partial charge in [0, 0.05) is 11.8 Å². The zero-order valence-electron chi connectivity index (χ0n) is 11.2. The Morgan fingerprint density at radius 2 is 1.50 bits per heavy atom. The molecule has 0 atom stereocenters. The molecule has 0 radical (unpaired) electrons. The van der Waals surface area contributed by atoms with Gasteiger partial charge in [-0.05, 0) is 28.8 Å². The summed E-state index contributed by atoms with van der Waals surface area (Å²) in [5.41, 5.74) is 3.03. The zero-order valence-corrected chi connectivity index (χ0v) is 12.7. The minimum absolute atomic E-state index is 0.397. The molecule has 4 heteroatoms. The maximum atomic E-state index is 5.94. The Morgan fingerprint density at radius 3 is 2.05 bits per heavy atom. The lowest BCUT2D eigenvalue weighted by atomic mass is 10.1. The van der Waals surface area contributed by atoms with Crippen LogP contribution >= 0.6 is 23.2 Å². The molecule has 20 heavy (non-hydrogen) atoms. The molecule has 0 fully saturated rings. The fourth-order valence-electron chi connectivity index (χ4n) is 1.90. The monoisotopic (exact) mass is 310 g/mol. The lowest BCUT2D eigenvalue weighted by Gasteiger charge is -2.14. The molecule has 0 bridgehead atoms. The van der Waals surface area contributed by atoms with E-state index in [1.54, 1.807) is 7.11 Å². The normalized spacial score (nSPS) is 10.3. The average Bonchev–Trinajstić information content (AvgIpc) is 2.52. The van der Waals surface area contributed by atoms with E-state index < -0.39 is 0 Å². The predicted octanol–water partition coefficient (Wildman–Crippen LogP) is 4.75. The van der Waals surface area contributed by atoms with E-state index in [9.17, 15) is 0 Å². The minimum Gasteiger partial charge on any atom is -0.493 e. The van der Waals surface area contributed by atoms with Crippen LogP contribution in [-0.4, -0.2) is 7.11 Å². The summed E-state index contributed by atoms with van der Waals surface area (Å²) >= 11 is 11.9. The molecule has 0 heterocycles. The molecule has 0 aromatic heterocycles. The van der Waals surface area contributed by atoms with Crippen LogP contribution < -0.4 is 9.47 Å². The summed E-state index contributed by atoms with van der Waals surface area (Å²) in [7, 11) is 1.61. The molecule has 2 nitrogen and oxygen atoms in total. The van der Waals surface area contributed by atoms with Crippen molar-refractivity contribution in [1.82, 2.24) is 0 Å². The summed E-state index contributed by atoms with van der Waals surface area (Å²) in [5.74, 6) is 2.15. The van der Waals surface area contributed by atoms with Crippen LogP contribution in [0.2, 0.25) is 0 Å². The average molecular weight is 311 g/mol. The smallest absolute Gasteiger partial charge is 0.162 e. The molecule has 2 rings (SSSR count). The summed E-state index contributed by atoms with van der Waals surface area (Å²) in [4.78, 5) is 0. The highest BCUT2D eigenvalue weighted by Gasteiger charge is 2.11. The molecule has 0 saturated carbocycles. The van der Waals surface area contributed by atoms with Crippen LogP contribution in [0.15, 0.2) is 42.5 Å². The van der Waals surface area contributed by atoms with Crippen LogP contribution in [0, 0.1) is 0 Å². The van der Waals surface area contributed by atoms with Gasteiger partial charge in [-0.25, -0.2) is 0 Å². The van der Waals surface area contributed by atoms with Gasteiger partial charge in [-0.3, -0.25) is 0 Å². The summed E-state index contributed by atoms with van der Waals surface area (Å²) in [5, 5.41) is 0. The number of rotatable bonds is 6. The Bertz CT molecular complexity index is 556. The summed E-state index contributed by atoms with van der Waals surface area (Å²) < 4.78 is 11.2. The van der Waals surface area contributed by atoms with E-state index in [-0.39, 0.29) is 0 Å². The van der Waals surface area contributed by atoms with Crippen LogP contribution in [0.4, 0.5) is 0 Å². The second-order valence-electron chi connectivity index (χ2n) is 4.31. The van der Waals surface area contributed by atoms with Gasteiger partial charge in [-0.2, -0.15) is 0 Å². The van der Waals surface area contributed by atoms with Crippen molar-refractivity contribution >= 4 is 23.2 Å². The highest BCUT2D eigenvalue weighted by Crippen LogP contribution is 2.33. The van der Waals surface area contributed by atoms with Crippen LogP contribution in [0.25, 0.3) is 0 Å². The first-order valence-electron chi connectivity index (χ1n) is 6.27. The molecule has 0 aliphatic carbocycles. The second-order valence-corrected chi connectivity index (χ2v) is 4.85. The van der Waals surface area contributed by atoms with Crippen LogP contribution in [-0.2, 0) is 18.4 Å². The van der Waals surface area contributed by atoms with Crippen molar-refractivity contribution in [2.75, 3.05) is 7.11 Å². The number of benzene rings is 2. The van der Waals surface area contributed by atoms with Crippen molar-refractivity contribution in [3.05, 3.63) is 59.2 Å². The molecule has 0 aliphatic heterocycles. The largest absolute Gasteiger partial charge is 0.493 e. The van der Waals surface area contributed by atoms with E-state index in [0.29, 0.717) is 29.9 Å². The van der Waals surface area contributed by atoms with Crippen molar-refractivity contribution < 1.29 is 9.47 Å². The van der Waals surface area contributed by atoms with Crippen molar-refractivity contribution in [1.29, 1.82) is 0 Å². The van der Waals surface area contributed by atoms with Gasteiger partial charge in [0.15, 0.2) is 11.5 Å². The van der Waals surface area contributed by atoms with Gasteiger partial charge in [0.25, 0.3) is 0 Å². The second kappa shape index (κ2) is 7.41. The van der Waals surface area contributed by atoms with Crippen molar-refractivity contribution in [3.8, 4) is 11.5 Å². The van der Waals surface area contributed by atoms with Crippen LogP contribution in [0.5, 0.6) is 11.5 Å². The van der Waals surface area contributed by atoms with Gasteiger partial charge in [0.05, 0.1) is 7.11 Å². The maximum absolute atomic E-state index is 5.94. The summed E-state index contributed by atoms with van der Waals surface area (Å²) in [6.07, 6.45) is 0. The molecule has 0 spiro atoms. The number of ether oxygens (including phenoxy) is 2. The quantitative estimate of drug-likeness (QED) is 0.717. The molecule has 0 saturated heterocycles. The molecule has 2 aromatic rings. The van der Waals surface area contributed by atoms with Crippen molar-refractivity contribution in [2.24, 2.45) is 0 Å². The van der Waals surface area contributed by atoms with Crippen LogP contribution in [0.3, 0.4) is 0 Å². The first-order chi connectivity index (χ1) is 9.78. The highest BCUT2D eigenvalue weighted by atomic mass is 35.5. The molecule has 0 N–H and O–H groups in total. The topological polar surface area (TPSA) is 18.5 Å². The standard InChI is InChI=1S/C16H16Cl2O2/c1-19-15-7-13(9-17)14(10-18)8-16(15)20-11-12-5-3-2-4-6-12/h2-8H,9-11H2,1H3. The Morgan fingerprint density at radius 1 is 0.900 bits per heavy atom. The minimum atomic E-state index is 0.397. The van der Waals surface area contributed by atoms with E-state index in [4.69, 9.17) is 32.7 Å². The Balaban J connectivity index is 2.21. The Kier molecular flexibility index (Phi) is 5.57. The molecule has 2 aromatic carbocycles. The predicted molar refractivity (Wildman–Crippen MR) is 82.9 cm³/mol. The Hall–Kier alpha value is -1.38.